The van der Waals surface area contributed by atoms with Gasteiger partial charge in [0, 0.05) is 10.7 Å². The molecule has 2 atom stereocenters. The first-order valence-electron chi connectivity index (χ1n) is 4.17. The van der Waals surface area contributed by atoms with Crippen molar-refractivity contribution >= 4 is 53.3 Å². The maximum atomic E-state index is 11.4. The van der Waals surface area contributed by atoms with Gasteiger partial charge < -0.3 is 5.11 Å². The van der Waals surface area contributed by atoms with Gasteiger partial charge in [0.25, 0.3) is 0 Å². The molecule has 90 valence electrons. The molecule has 1 rings (SSSR count). The van der Waals surface area contributed by atoms with E-state index in [0.717, 1.165) is 10.7 Å². The van der Waals surface area contributed by atoms with Gasteiger partial charge in [-0.05, 0) is 33.6 Å². The highest BCUT2D eigenvalue weighted by Crippen LogP contribution is 2.42. The van der Waals surface area contributed by atoms with Crippen LogP contribution in [0.5, 0.6) is 0 Å². The smallest absolute Gasteiger partial charge is 0.228 e. The molecule has 0 fully saturated rings. The van der Waals surface area contributed by atoms with Gasteiger partial charge in [0.1, 0.15) is 6.10 Å². The van der Waals surface area contributed by atoms with Gasteiger partial charge >= 0.3 is 0 Å². The van der Waals surface area contributed by atoms with Crippen LogP contribution >= 0.6 is 43.5 Å². The summed E-state index contributed by atoms with van der Waals surface area (Å²) in [6.45, 7) is 0. The number of halogens is 3. The maximum absolute atomic E-state index is 11.4. The summed E-state index contributed by atoms with van der Waals surface area (Å²) in [5, 5.41) is 9.90. The van der Waals surface area contributed by atoms with Crippen LogP contribution in [-0.4, -0.2) is 22.9 Å². The van der Waals surface area contributed by atoms with Crippen LogP contribution in [-0.2, 0) is 9.84 Å². The van der Waals surface area contributed by atoms with E-state index in [-0.39, 0.29) is 0 Å². The first-order chi connectivity index (χ1) is 7.16. The number of aliphatic hydroxyl groups is 1. The number of benzene rings is 1. The molecule has 0 amide bonds. The fourth-order valence-corrected chi connectivity index (χ4v) is 2.24. The summed E-state index contributed by atoms with van der Waals surface area (Å²) in [4.78, 5) is 0. The van der Waals surface area contributed by atoms with Crippen molar-refractivity contribution < 1.29 is 13.5 Å². The van der Waals surface area contributed by atoms with E-state index in [1.807, 2.05) is 0 Å². The SMILES string of the molecule is CS(=O)(=O)C(Cl)(Br)C(O)c1ccc(Br)cc1. The van der Waals surface area contributed by atoms with E-state index in [1.165, 1.54) is 0 Å². The van der Waals surface area contributed by atoms with E-state index in [0.29, 0.717) is 5.56 Å². The molecular weight excluding hydrogens is 383 g/mol. The molecule has 0 radical (unpaired) electrons. The van der Waals surface area contributed by atoms with Crippen molar-refractivity contribution in [2.24, 2.45) is 0 Å². The van der Waals surface area contributed by atoms with Crippen molar-refractivity contribution in [1.29, 1.82) is 0 Å². The third kappa shape index (κ3) is 2.98. The monoisotopic (exact) mass is 390 g/mol. The summed E-state index contributed by atoms with van der Waals surface area (Å²) >= 11 is 11.9. The van der Waals surface area contributed by atoms with Gasteiger partial charge in [-0.25, -0.2) is 8.42 Å². The zero-order valence-electron chi connectivity index (χ0n) is 8.19. The van der Waals surface area contributed by atoms with Gasteiger partial charge in [-0.2, -0.15) is 0 Å². The Bertz CT molecular complexity index is 470. The van der Waals surface area contributed by atoms with E-state index >= 15 is 0 Å². The first kappa shape index (κ1) is 14.4. The summed E-state index contributed by atoms with van der Waals surface area (Å²) in [5.74, 6) is 0. The van der Waals surface area contributed by atoms with Crippen molar-refractivity contribution in [3.05, 3.63) is 34.3 Å². The molecule has 0 aliphatic rings. The summed E-state index contributed by atoms with van der Waals surface area (Å²) in [5.41, 5.74) is 0.417. The first-order valence-corrected chi connectivity index (χ1v) is 8.02. The van der Waals surface area contributed by atoms with Gasteiger partial charge in [-0.3, -0.25) is 0 Å². The fraction of sp³-hybridized carbons (Fsp3) is 0.333. The van der Waals surface area contributed by atoms with Crippen LogP contribution in [0.25, 0.3) is 0 Å². The minimum Gasteiger partial charge on any atom is -0.385 e. The predicted octanol–water partition coefficient (Wildman–Crippen LogP) is 2.81. The lowest BCUT2D eigenvalue weighted by Crippen LogP contribution is -2.32. The van der Waals surface area contributed by atoms with Crippen LogP contribution in [0, 0.1) is 0 Å². The second-order valence-corrected chi connectivity index (χ2v) is 9.44. The van der Waals surface area contributed by atoms with E-state index < -0.39 is 19.1 Å². The third-order valence-corrected chi connectivity index (χ3v) is 6.98. The zero-order chi connectivity index (χ0) is 12.6. The Morgan fingerprint density at radius 1 is 1.38 bits per heavy atom. The van der Waals surface area contributed by atoms with Crippen molar-refractivity contribution in [3.63, 3.8) is 0 Å². The molecule has 2 unspecified atom stereocenters. The molecule has 0 heterocycles. The van der Waals surface area contributed by atoms with Gasteiger partial charge in [0.2, 0.25) is 3.12 Å². The highest BCUT2D eigenvalue weighted by Gasteiger charge is 2.44. The molecule has 7 heteroatoms. The second kappa shape index (κ2) is 4.94. The third-order valence-electron chi connectivity index (χ3n) is 2.00. The van der Waals surface area contributed by atoms with Crippen LogP contribution in [0.4, 0.5) is 0 Å². The quantitative estimate of drug-likeness (QED) is 0.805. The Labute approximate surface area is 116 Å². The van der Waals surface area contributed by atoms with Crippen molar-refractivity contribution in [2.75, 3.05) is 6.26 Å². The summed E-state index contributed by atoms with van der Waals surface area (Å²) in [6, 6.07) is 6.58. The molecule has 1 N–H and O–H groups in total. The van der Waals surface area contributed by atoms with Crippen molar-refractivity contribution in [2.45, 2.75) is 9.22 Å². The molecule has 0 aromatic heterocycles. The van der Waals surface area contributed by atoms with Crippen molar-refractivity contribution in [3.8, 4) is 0 Å². The molecule has 0 bridgehead atoms. The lowest BCUT2D eigenvalue weighted by Gasteiger charge is -2.24. The summed E-state index contributed by atoms with van der Waals surface area (Å²) in [7, 11) is -3.64. The Kier molecular flexibility index (Phi) is 4.46. The largest absolute Gasteiger partial charge is 0.385 e. The zero-order valence-corrected chi connectivity index (χ0v) is 12.9. The second-order valence-electron chi connectivity index (χ2n) is 3.29. The van der Waals surface area contributed by atoms with Crippen LogP contribution in [0.3, 0.4) is 0 Å². The molecule has 3 nitrogen and oxygen atoms in total. The van der Waals surface area contributed by atoms with E-state index in [4.69, 9.17) is 11.6 Å². The molecule has 0 spiro atoms. The molecule has 0 saturated carbocycles. The van der Waals surface area contributed by atoms with Gasteiger partial charge in [-0.1, -0.05) is 39.7 Å². The Hall–Kier alpha value is 0.380. The van der Waals surface area contributed by atoms with Gasteiger partial charge in [-0.15, -0.1) is 0 Å². The molecule has 0 aliphatic carbocycles. The molecule has 0 saturated heterocycles. The van der Waals surface area contributed by atoms with E-state index in [2.05, 4.69) is 31.9 Å². The Morgan fingerprint density at radius 3 is 2.19 bits per heavy atom. The number of hydrogen-bond acceptors (Lipinski definition) is 3. The highest BCUT2D eigenvalue weighted by atomic mass is 79.9. The number of hydrogen-bond donors (Lipinski definition) is 1. The molecule has 16 heavy (non-hydrogen) atoms. The number of aliphatic hydroxyl groups excluding tert-OH is 1. The summed E-state index contributed by atoms with van der Waals surface area (Å²) < 4.78 is 21.7. The molecule has 0 aliphatic heterocycles. The van der Waals surface area contributed by atoms with Crippen LogP contribution < -0.4 is 0 Å². The Morgan fingerprint density at radius 2 is 1.81 bits per heavy atom. The average Bonchev–Trinajstić information content (AvgIpc) is 2.16. The molecular formula is C9H9Br2ClO3S. The van der Waals surface area contributed by atoms with Crippen LogP contribution in [0.15, 0.2) is 28.7 Å². The number of rotatable bonds is 3. The molecule has 1 aromatic rings. The van der Waals surface area contributed by atoms with Gasteiger partial charge in [0.15, 0.2) is 9.84 Å². The fourth-order valence-electron chi connectivity index (χ4n) is 1.04. The maximum Gasteiger partial charge on any atom is 0.228 e. The topological polar surface area (TPSA) is 54.4 Å². The van der Waals surface area contributed by atoms with Crippen molar-refractivity contribution in [1.82, 2.24) is 0 Å². The minimum atomic E-state index is -3.64. The molecule has 1 aromatic carbocycles. The van der Waals surface area contributed by atoms with E-state index in [1.54, 1.807) is 24.3 Å². The Balaban J connectivity index is 3.12. The average molecular weight is 392 g/mol. The standard InChI is InChI=1S/C9H9Br2ClO3S/c1-16(14,15)9(11,12)8(13)6-2-4-7(10)5-3-6/h2-5,8,13H,1H3. The predicted molar refractivity (Wildman–Crippen MR) is 71.5 cm³/mol. The van der Waals surface area contributed by atoms with E-state index in [9.17, 15) is 13.5 Å². The van der Waals surface area contributed by atoms with Crippen LogP contribution in [0.1, 0.15) is 11.7 Å². The highest BCUT2D eigenvalue weighted by molar-refractivity contribution is 9.12. The lowest BCUT2D eigenvalue weighted by molar-refractivity contribution is 0.185. The van der Waals surface area contributed by atoms with Gasteiger partial charge in [0.05, 0.1) is 0 Å². The minimum absolute atomic E-state index is 0.417. The lowest BCUT2D eigenvalue weighted by atomic mass is 10.1. The summed E-state index contributed by atoms with van der Waals surface area (Å²) in [6.07, 6.45) is -0.395. The normalized spacial score (nSPS) is 17.8. The number of sulfone groups is 1. The van der Waals surface area contributed by atoms with Crippen LogP contribution in [0.2, 0.25) is 0 Å². The number of alkyl halides is 2.